The first kappa shape index (κ1) is 11.4. The minimum atomic E-state index is -0.193. The zero-order valence-corrected chi connectivity index (χ0v) is 10.3. The van der Waals surface area contributed by atoms with Gasteiger partial charge < -0.3 is 9.63 Å². The molecular formula is C14H16N2O2. The van der Waals surface area contributed by atoms with E-state index in [4.69, 9.17) is 4.52 Å². The van der Waals surface area contributed by atoms with Crippen LogP contribution in [0.15, 0.2) is 28.8 Å². The molecular weight excluding hydrogens is 228 g/mol. The molecule has 1 aromatic heterocycles. The van der Waals surface area contributed by atoms with Crippen molar-refractivity contribution in [3.8, 4) is 0 Å². The molecule has 1 N–H and O–H groups in total. The highest BCUT2D eigenvalue weighted by atomic mass is 16.5. The lowest BCUT2D eigenvalue weighted by atomic mass is 9.82. The number of aromatic nitrogens is 2. The molecule has 18 heavy (non-hydrogen) atoms. The number of hydrogen-bond donors (Lipinski definition) is 1. The van der Waals surface area contributed by atoms with Crippen LogP contribution < -0.4 is 0 Å². The van der Waals surface area contributed by atoms with Crippen LogP contribution in [-0.2, 0) is 6.42 Å². The minimum Gasteiger partial charge on any atom is -0.393 e. The van der Waals surface area contributed by atoms with Gasteiger partial charge in [-0.3, -0.25) is 0 Å². The van der Waals surface area contributed by atoms with E-state index in [0.29, 0.717) is 12.3 Å². The minimum absolute atomic E-state index is 0.193. The van der Waals surface area contributed by atoms with Gasteiger partial charge in [0.25, 0.3) is 0 Å². The van der Waals surface area contributed by atoms with Gasteiger partial charge in [-0.2, -0.15) is 4.98 Å². The smallest absolute Gasteiger partial charge is 0.229 e. The van der Waals surface area contributed by atoms with E-state index in [1.54, 1.807) is 0 Å². The molecule has 0 amide bonds. The summed E-state index contributed by atoms with van der Waals surface area (Å²) in [5.74, 6) is 1.64. The molecule has 0 saturated heterocycles. The van der Waals surface area contributed by atoms with Gasteiger partial charge in [0, 0.05) is 12.3 Å². The standard InChI is InChI=1S/C14H16N2O2/c1-9-4-2-3-5-10(9)8-13-15-14(18-16-13)11-6-12(17)7-11/h2-5,11-12,17H,6-8H2,1H3. The second-order valence-electron chi connectivity index (χ2n) is 4.97. The number of aliphatic hydroxyl groups excluding tert-OH is 1. The summed E-state index contributed by atoms with van der Waals surface area (Å²) in [6, 6.07) is 8.21. The molecule has 0 unspecified atom stereocenters. The van der Waals surface area contributed by atoms with Gasteiger partial charge in [0.15, 0.2) is 5.82 Å². The van der Waals surface area contributed by atoms with Gasteiger partial charge in [0.05, 0.1) is 6.10 Å². The molecule has 4 nitrogen and oxygen atoms in total. The number of aliphatic hydroxyl groups is 1. The number of hydrogen-bond acceptors (Lipinski definition) is 4. The fraction of sp³-hybridized carbons (Fsp3) is 0.429. The fourth-order valence-electron chi connectivity index (χ4n) is 2.27. The van der Waals surface area contributed by atoms with Crippen molar-refractivity contribution >= 4 is 0 Å². The molecule has 1 aliphatic rings. The summed E-state index contributed by atoms with van der Waals surface area (Å²) in [5.41, 5.74) is 2.46. The summed E-state index contributed by atoms with van der Waals surface area (Å²) in [5, 5.41) is 13.3. The van der Waals surface area contributed by atoms with Gasteiger partial charge >= 0.3 is 0 Å². The Labute approximate surface area is 106 Å². The van der Waals surface area contributed by atoms with Gasteiger partial charge in [-0.15, -0.1) is 0 Å². The normalized spacial score (nSPS) is 22.8. The second-order valence-corrected chi connectivity index (χ2v) is 4.97. The SMILES string of the molecule is Cc1ccccc1Cc1noc(C2CC(O)C2)n1. The van der Waals surface area contributed by atoms with Crippen molar-refractivity contribution in [1.82, 2.24) is 10.1 Å². The average molecular weight is 244 g/mol. The van der Waals surface area contributed by atoms with Crippen LogP contribution in [0.1, 0.15) is 41.6 Å². The number of nitrogens with zero attached hydrogens (tertiary/aromatic N) is 2. The maximum absolute atomic E-state index is 9.27. The molecule has 0 atom stereocenters. The van der Waals surface area contributed by atoms with Crippen molar-refractivity contribution in [3.63, 3.8) is 0 Å². The van der Waals surface area contributed by atoms with Gasteiger partial charge in [-0.1, -0.05) is 29.4 Å². The summed E-state index contributed by atoms with van der Waals surface area (Å²) in [6.45, 7) is 2.08. The third-order valence-corrected chi connectivity index (χ3v) is 3.56. The van der Waals surface area contributed by atoms with Crippen molar-refractivity contribution in [2.45, 2.75) is 38.2 Å². The summed E-state index contributed by atoms with van der Waals surface area (Å²) in [7, 11) is 0. The van der Waals surface area contributed by atoms with E-state index < -0.39 is 0 Å². The molecule has 0 spiro atoms. The third kappa shape index (κ3) is 2.16. The molecule has 1 aliphatic carbocycles. The first-order valence-corrected chi connectivity index (χ1v) is 6.27. The zero-order chi connectivity index (χ0) is 12.5. The Morgan fingerprint density at radius 1 is 1.33 bits per heavy atom. The van der Waals surface area contributed by atoms with Crippen LogP contribution in [0.2, 0.25) is 0 Å². The summed E-state index contributed by atoms with van der Waals surface area (Å²) >= 11 is 0. The van der Waals surface area contributed by atoms with Crippen LogP contribution in [0.5, 0.6) is 0 Å². The first-order chi connectivity index (χ1) is 8.72. The summed E-state index contributed by atoms with van der Waals surface area (Å²) in [4.78, 5) is 4.41. The molecule has 1 aromatic carbocycles. The van der Waals surface area contributed by atoms with E-state index >= 15 is 0 Å². The summed E-state index contributed by atoms with van der Waals surface area (Å²) < 4.78 is 5.26. The van der Waals surface area contributed by atoms with E-state index in [-0.39, 0.29) is 12.0 Å². The highest BCUT2D eigenvalue weighted by Gasteiger charge is 2.32. The van der Waals surface area contributed by atoms with Gasteiger partial charge in [-0.25, -0.2) is 0 Å². The van der Waals surface area contributed by atoms with Crippen LogP contribution in [-0.4, -0.2) is 21.4 Å². The molecule has 94 valence electrons. The number of rotatable bonds is 3. The zero-order valence-electron chi connectivity index (χ0n) is 10.3. The topological polar surface area (TPSA) is 59.2 Å². The second kappa shape index (κ2) is 4.53. The van der Waals surface area contributed by atoms with Crippen LogP contribution in [0.4, 0.5) is 0 Å². The molecule has 0 aliphatic heterocycles. The summed E-state index contributed by atoms with van der Waals surface area (Å²) in [6.07, 6.45) is 1.99. The molecule has 3 rings (SSSR count). The number of benzene rings is 1. The monoisotopic (exact) mass is 244 g/mol. The van der Waals surface area contributed by atoms with E-state index in [9.17, 15) is 5.11 Å². The van der Waals surface area contributed by atoms with Crippen LogP contribution in [0.25, 0.3) is 0 Å². The predicted molar refractivity (Wildman–Crippen MR) is 66.3 cm³/mol. The molecule has 1 saturated carbocycles. The molecule has 2 aromatic rings. The largest absolute Gasteiger partial charge is 0.393 e. The van der Waals surface area contributed by atoms with E-state index in [2.05, 4.69) is 29.2 Å². The van der Waals surface area contributed by atoms with Gasteiger partial charge in [-0.05, 0) is 30.9 Å². The predicted octanol–water partition coefficient (Wildman–Crippen LogP) is 2.21. The molecule has 0 radical (unpaired) electrons. The maximum Gasteiger partial charge on any atom is 0.229 e. The van der Waals surface area contributed by atoms with Gasteiger partial charge in [0.2, 0.25) is 5.89 Å². The third-order valence-electron chi connectivity index (χ3n) is 3.56. The van der Waals surface area contributed by atoms with Crippen molar-refractivity contribution in [2.24, 2.45) is 0 Å². The number of aryl methyl sites for hydroxylation is 1. The van der Waals surface area contributed by atoms with E-state index in [1.165, 1.54) is 11.1 Å². The van der Waals surface area contributed by atoms with Crippen molar-refractivity contribution in [1.29, 1.82) is 0 Å². The Morgan fingerprint density at radius 2 is 2.11 bits per heavy atom. The average Bonchev–Trinajstić information content (AvgIpc) is 2.76. The molecule has 4 heteroatoms. The highest BCUT2D eigenvalue weighted by molar-refractivity contribution is 5.28. The lowest BCUT2D eigenvalue weighted by Gasteiger charge is -2.27. The van der Waals surface area contributed by atoms with E-state index in [1.807, 2.05) is 12.1 Å². The Bertz CT molecular complexity index is 544. The van der Waals surface area contributed by atoms with Crippen molar-refractivity contribution < 1.29 is 9.63 Å². The Morgan fingerprint density at radius 3 is 2.83 bits per heavy atom. The quantitative estimate of drug-likeness (QED) is 0.899. The molecule has 0 bridgehead atoms. The van der Waals surface area contributed by atoms with Crippen molar-refractivity contribution in [2.75, 3.05) is 0 Å². The van der Waals surface area contributed by atoms with Crippen LogP contribution >= 0.6 is 0 Å². The highest BCUT2D eigenvalue weighted by Crippen LogP contribution is 2.35. The van der Waals surface area contributed by atoms with Crippen LogP contribution in [0, 0.1) is 6.92 Å². The van der Waals surface area contributed by atoms with Gasteiger partial charge in [0.1, 0.15) is 0 Å². The van der Waals surface area contributed by atoms with Crippen LogP contribution in [0.3, 0.4) is 0 Å². The maximum atomic E-state index is 9.27. The first-order valence-electron chi connectivity index (χ1n) is 6.27. The Balaban J connectivity index is 1.72. The lowest BCUT2D eigenvalue weighted by Crippen LogP contribution is -2.26. The van der Waals surface area contributed by atoms with E-state index in [0.717, 1.165) is 18.7 Å². The lowest BCUT2D eigenvalue weighted by molar-refractivity contribution is 0.0625. The molecule has 1 fully saturated rings. The van der Waals surface area contributed by atoms with Crippen molar-refractivity contribution in [3.05, 3.63) is 47.1 Å². The fourth-order valence-corrected chi connectivity index (χ4v) is 2.27. The Kier molecular flexibility index (Phi) is 2.88. The Hall–Kier alpha value is -1.68. The molecule has 1 heterocycles.